The zero-order valence-electron chi connectivity index (χ0n) is 11.8. The smallest absolute Gasteiger partial charge is 0.178 e. The molecule has 1 N–H and O–H groups in total. The van der Waals surface area contributed by atoms with Crippen LogP contribution >= 0.6 is 12.2 Å². The van der Waals surface area contributed by atoms with Gasteiger partial charge in [-0.1, -0.05) is 43.3 Å². The van der Waals surface area contributed by atoms with Crippen molar-refractivity contribution in [3.05, 3.63) is 64.7 Å². The maximum atomic E-state index is 13.8. The van der Waals surface area contributed by atoms with Crippen molar-refractivity contribution in [2.75, 3.05) is 0 Å². The summed E-state index contributed by atoms with van der Waals surface area (Å²) >= 11 is 5.32. The molecule has 1 heterocycles. The zero-order valence-corrected chi connectivity index (χ0v) is 12.7. The van der Waals surface area contributed by atoms with Gasteiger partial charge in [-0.05, 0) is 42.3 Å². The van der Waals surface area contributed by atoms with E-state index in [1.54, 1.807) is 6.07 Å². The molecule has 1 atom stereocenters. The maximum Gasteiger partial charge on any atom is 0.178 e. The van der Waals surface area contributed by atoms with Crippen LogP contribution in [-0.4, -0.2) is 9.55 Å². The summed E-state index contributed by atoms with van der Waals surface area (Å²) in [6.07, 6.45) is 0.960. The SMILES string of the molecule is CC(CCn1c(=S)[nH]c2c(F)cccc21)c1ccccc1. The Hall–Kier alpha value is -1.94. The van der Waals surface area contributed by atoms with E-state index in [1.807, 2.05) is 16.7 Å². The van der Waals surface area contributed by atoms with Crippen LogP contribution in [0.4, 0.5) is 4.39 Å². The molecule has 0 aliphatic heterocycles. The number of aromatic amines is 1. The molecule has 0 aliphatic carbocycles. The molecular formula is C17H17FN2S. The number of para-hydroxylation sites is 1. The molecule has 0 bridgehead atoms. The van der Waals surface area contributed by atoms with Gasteiger partial charge in [0.1, 0.15) is 11.3 Å². The van der Waals surface area contributed by atoms with Gasteiger partial charge in [0.15, 0.2) is 4.77 Å². The summed E-state index contributed by atoms with van der Waals surface area (Å²) in [6, 6.07) is 15.5. The van der Waals surface area contributed by atoms with Gasteiger partial charge in [-0.25, -0.2) is 4.39 Å². The lowest BCUT2D eigenvalue weighted by atomic mass is 9.98. The minimum absolute atomic E-state index is 0.256. The fourth-order valence-corrected chi connectivity index (χ4v) is 2.93. The van der Waals surface area contributed by atoms with Gasteiger partial charge < -0.3 is 9.55 Å². The van der Waals surface area contributed by atoms with Crippen molar-refractivity contribution in [3.8, 4) is 0 Å². The van der Waals surface area contributed by atoms with Crippen LogP contribution in [-0.2, 0) is 6.54 Å². The van der Waals surface area contributed by atoms with Gasteiger partial charge in [-0.2, -0.15) is 0 Å². The average Bonchev–Trinajstić information content (AvgIpc) is 2.83. The molecule has 4 heteroatoms. The molecule has 108 valence electrons. The quantitative estimate of drug-likeness (QED) is 0.670. The van der Waals surface area contributed by atoms with E-state index in [4.69, 9.17) is 12.2 Å². The normalized spacial score (nSPS) is 12.7. The second kappa shape index (κ2) is 5.82. The molecule has 0 radical (unpaired) electrons. The Morgan fingerprint density at radius 2 is 1.90 bits per heavy atom. The summed E-state index contributed by atoms with van der Waals surface area (Å²) < 4.78 is 16.3. The molecule has 2 aromatic carbocycles. The van der Waals surface area contributed by atoms with Crippen LogP contribution < -0.4 is 0 Å². The van der Waals surface area contributed by atoms with Gasteiger partial charge in [0, 0.05) is 6.54 Å². The molecule has 0 aliphatic rings. The second-order valence-corrected chi connectivity index (χ2v) is 5.70. The lowest BCUT2D eigenvalue weighted by molar-refractivity contribution is 0.581. The molecule has 3 rings (SSSR count). The second-order valence-electron chi connectivity index (χ2n) is 5.32. The van der Waals surface area contributed by atoms with Crippen molar-refractivity contribution < 1.29 is 4.39 Å². The van der Waals surface area contributed by atoms with Gasteiger partial charge in [0.25, 0.3) is 0 Å². The third-order valence-electron chi connectivity index (χ3n) is 3.91. The van der Waals surface area contributed by atoms with Gasteiger partial charge in [0.2, 0.25) is 0 Å². The van der Waals surface area contributed by atoms with Crippen LogP contribution in [0.15, 0.2) is 48.5 Å². The number of imidazole rings is 1. The summed E-state index contributed by atoms with van der Waals surface area (Å²) in [7, 11) is 0. The summed E-state index contributed by atoms with van der Waals surface area (Å²) in [6.45, 7) is 2.98. The summed E-state index contributed by atoms with van der Waals surface area (Å²) in [5, 5.41) is 0. The van der Waals surface area contributed by atoms with Crippen molar-refractivity contribution in [2.24, 2.45) is 0 Å². The number of aryl methyl sites for hydroxylation is 1. The van der Waals surface area contributed by atoms with E-state index in [9.17, 15) is 4.39 Å². The number of nitrogens with one attached hydrogen (secondary N) is 1. The van der Waals surface area contributed by atoms with Crippen LogP contribution in [0.5, 0.6) is 0 Å². The number of H-pyrrole nitrogens is 1. The van der Waals surface area contributed by atoms with Gasteiger partial charge in [-0.15, -0.1) is 0 Å². The minimum Gasteiger partial charge on any atom is -0.328 e. The first-order valence-electron chi connectivity index (χ1n) is 7.09. The Morgan fingerprint density at radius 1 is 1.14 bits per heavy atom. The molecule has 3 aromatic rings. The first-order valence-corrected chi connectivity index (χ1v) is 7.49. The van der Waals surface area contributed by atoms with Crippen molar-refractivity contribution in [3.63, 3.8) is 0 Å². The number of benzene rings is 2. The first kappa shape index (κ1) is 14.0. The maximum absolute atomic E-state index is 13.8. The molecule has 0 amide bonds. The predicted molar refractivity (Wildman–Crippen MR) is 86.6 cm³/mol. The number of hydrogen-bond donors (Lipinski definition) is 1. The van der Waals surface area contributed by atoms with E-state index in [-0.39, 0.29) is 5.82 Å². The highest BCUT2D eigenvalue weighted by molar-refractivity contribution is 7.71. The standard InChI is InChI=1S/C17H17FN2S/c1-12(13-6-3-2-4-7-13)10-11-20-15-9-5-8-14(18)16(15)19-17(20)21/h2-9,12H,10-11H2,1H3,(H,19,21). The Balaban J connectivity index is 1.84. The van der Waals surface area contributed by atoms with E-state index in [2.05, 4.69) is 36.2 Å². The Kier molecular flexibility index (Phi) is 3.88. The van der Waals surface area contributed by atoms with E-state index in [0.717, 1.165) is 18.5 Å². The number of nitrogens with zero attached hydrogens (tertiary/aromatic N) is 1. The summed E-state index contributed by atoms with van der Waals surface area (Å²) in [5.74, 6) is 0.181. The molecule has 2 nitrogen and oxygen atoms in total. The Morgan fingerprint density at radius 3 is 2.67 bits per heavy atom. The highest BCUT2D eigenvalue weighted by Crippen LogP contribution is 2.22. The first-order chi connectivity index (χ1) is 10.2. The van der Waals surface area contributed by atoms with E-state index < -0.39 is 0 Å². The van der Waals surface area contributed by atoms with Crippen LogP contribution in [0.3, 0.4) is 0 Å². The lowest BCUT2D eigenvalue weighted by Crippen LogP contribution is -2.03. The monoisotopic (exact) mass is 300 g/mol. The van der Waals surface area contributed by atoms with E-state index >= 15 is 0 Å². The van der Waals surface area contributed by atoms with Crippen molar-refractivity contribution >= 4 is 23.3 Å². The largest absolute Gasteiger partial charge is 0.328 e. The number of fused-ring (bicyclic) bond motifs is 1. The summed E-state index contributed by atoms with van der Waals surface area (Å²) in [4.78, 5) is 2.96. The molecule has 1 aromatic heterocycles. The highest BCUT2D eigenvalue weighted by atomic mass is 32.1. The molecule has 0 spiro atoms. The van der Waals surface area contributed by atoms with Crippen LogP contribution in [0.25, 0.3) is 11.0 Å². The van der Waals surface area contributed by atoms with Crippen LogP contribution in [0.2, 0.25) is 0 Å². The van der Waals surface area contributed by atoms with E-state index in [0.29, 0.717) is 16.2 Å². The number of hydrogen-bond acceptors (Lipinski definition) is 1. The fourth-order valence-electron chi connectivity index (χ4n) is 2.64. The van der Waals surface area contributed by atoms with Crippen molar-refractivity contribution in [2.45, 2.75) is 25.8 Å². The molecular weight excluding hydrogens is 283 g/mol. The molecule has 1 unspecified atom stereocenters. The molecule has 0 fully saturated rings. The Labute approximate surface area is 128 Å². The minimum atomic E-state index is -0.256. The van der Waals surface area contributed by atoms with Gasteiger partial charge in [-0.3, -0.25) is 0 Å². The molecule has 21 heavy (non-hydrogen) atoms. The van der Waals surface area contributed by atoms with Gasteiger partial charge in [0.05, 0.1) is 5.52 Å². The zero-order chi connectivity index (χ0) is 14.8. The number of aromatic nitrogens is 2. The summed E-state index contributed by atoms with van der Waals surface area (Å²) in [5.41, 5.74) is 2.64. The predicted octanol–water partition coefficient (Wildman–Crippen LogP) is 5.03. The highest BCUT2D eigenvalue weighted by Gasteiger charge is 2.10. The van der Waals surface area contributed by atoms with Crippen molar-refractivity contribution in [1.29, 1.82) is 0 Å². The van der Waals surface area contributed by atoms with E-state index in [1.165, 1.54) is 11.6 Å². The Bertz CT molecular complexity index is 805. The molecule has 0 saturated heterocycles. The fraction of sp³-hybridized carbons (Fsp3) is 0.235. The third-order valence-corrected chi connectivity index (χ3v) is 4.24. The average molecular weight is 300 g/mol. The lowest BCUT2D eigenvalue weighted by Gasteiger charge is -2.12. The number of rotatable bonds is 4. The topological polar surface area (TPSA) is 20.7 Å². The third kappa shape index (κ3) is 2.76. The van der Waals surface area contributed by atoms with Crippen LogP contribution in [0, 0.1) is 10.6 Å². The van der Waals surface area contributed by atoms with Gasteiger partial charge >= 0.3 is 0 Å². The molecule has 0 saturated carbocycles. The van der Waals surface area contributed by atoms with Crippen molar-refractivity contribution in [1.82, 2.24) is 9.55 Å². The number of halogens is 1. The van der Waals surface area contributed by atoms with Crippen LogP contribution in [0.1, 0.15) is 24.8 Å².